The van der Waals surface area contributed by atoms with Crippen LogP contribution in [0.5, 0.6) is 5.75 Å². The summed E-state index contributed by atoms with van der Waals surface area (Å²) in [4.78, 5) is 15.8. The van der Waals surface area contributed by atoms with Gasteiger partial charge in [-0.25, -0.2) is 9.37 Å². The molecule has 0 fully saturated rings. The van der Waals surface area contributed by atoms with E-state index in [1.54, 1.807) is 0 Å². The molecule has 1 amide bonds. The maximum Gasteiger partial charge on any atom is 0.422 e. The van der Waals surface area contributed by atoms with E-state index in [1.165, 1.54) is 18.2 Å². The number of nitrogens with zero attached hydrogens (tertiary/aromatic N) is 1. The molecule has 23 heavy (non-hydrogen) atoms. The molecule has 0 saturated heterocycles. The van der Waals surface area contributed by atoms with Crippen molar-refractivity contribution in [3.63, 3.8) is 0 Å². The summed E-state index contributed by atoms with van der Waals surface area (Å²) in [6.45, 7) is -1.57. The van der Waals surface area contributed by atoms with Crippen LogP contribution in [0.2, 0.25) is 0 Å². The summed E-state index contributed by atoms with van der Waals surface area (Å²) in [6.07, 6.45) is -4.56. The summed E-state index contributed by atoms with van der Waals surface area (Å²) < 4.78 is 54.5. The van der Waals surface area contributed by atoms with Crippen LogP contribution in [0, 0.1) is 5.82 Å². The molecule has 0 radical (unpaired) electrons. The fourth-order valence-corrected chi connectivity index (χ4v) is 1.65. The number of rotatable bonds is 4. The molecule has 1 aromatic carbocycles. The number of carbonyl (C=O) groups excluding carboxylic acids is 1. The molecule has 0 bridgehead atoms. The molecular formula is C14H11F4N3O2. The second-order valence-electron chi connectivity index (χ2n) is 4.45. The fourth-order valence-electron chi connectivity index (χ4n) is 1.65. The van der Waals surface area contributed by atoms with Crippen molar-refractivity contribution in [1.29, 1.82) is 0 Å². The Kier molecular flexibility index (Phi) is 4.68. The lowest BCUT2D eigenvalue weighted by molar-refractivity contribution is -0.153. The first-order chi connectivity index (χ1) is 10.7. The van der Waals surface area contributed by atoms with Crippen LogP contribution in [0.4, 0.5) is 29.1 Å². The maximum atomic E-state index is 13.3. The van der Waals surface area contributed by atoms with Gasteiger partial charge >= 0.3 is 6.18 Å². The number of nitrogens with one attached hydrogen (secondary N) is 1. The smallest absolute Gasteiger partial charge is 0.422 e. The molecule has 3 N–H and O–H groups in total. The van der Waals surface area contributed by atoms with Crippen LogP contribution in [0.25, 0.3) is 0 Å². The monoisotopic (exact) mass is 329 g/mol. The number of anilines is 2. The molecule has 5 nitrogen and oxygen atoms in total. The number of amides is 1. The Morgan fingerprint density at radius 3 is 2.65 bits per heavy atom. The Morgan fingerprint density at radius 1 is 1.26 bits per heavy atom. The summed E-state index contributed by atoms with van der Waals surface area (Å²) in [5.74, 6) is -1.74. The predicted octanol–water partition coefficient (Wildman–Crippen LogP) is 3.00. The quantitative estimate of drug-likeness (QED) is 0.846. The fraction of sp³-hybridized carbons (Fsp3) is 0.143. The van der Waals surface area contributed by atoms with Crippen LogP contribution < -0.4 is 15.8 Å². The van der Waals surface area contributed by atoms with Crippen LogP contribution in [-0.2, 0) is 0 Å². The minimum atomic E-state index is -4.56. The van der Waals surface area contributed by atoms with Gasteiger partial charge in [0, 0.05) is 6.07 Å². The SMILES string of the molecule is Nc1cccc(C(=O)Nc2cc(F)ccc2OCC(F)(F)F)n1. The van der Waals surface area contributed by atoms with Gasteiger partial charge < -0.3 is 15.8 Å². The number of halogens is 4. The van der Waals surface area contributed by atoms with E-state index in [2.05, 4.69) is 15.0 Å². The maximum absolute atomic E-state index is 13.3. The molecule has 0 aliphatic heterocycles. The van der Waals surface area contributed by atoms with Gasteiger partial charge in [-0.3, -0.25) is 4.79 Å². The van der Waals surface area contributed by atoms with Crippen molar-refractivity contribution in [2.24, 2.45) is 0 Å². The lowest BCUT2D eigenvalue weighted by atomic mass is 10.2. The van der Waals surface area contributed by atoms with Gasteiger partial charge in [-0.2, -0.15) is 13.2 Å². The number of carbonyl (C=O) groups is 1. The molecular weight excluding hydrogens is 318 g/mol. The lowest BCUT2D eigenvalue weighted by Gasteiger charge is -2.14. The zero-order valence-electron chi connectivity index (χ0n) is 11.5. The average molecular weight is 329 g/mol. The van der Waals surface area contributed by atoms with E-state index >= 15 is 0 Å². The Bertz CT molecular complexity index is 719. The lowest BCUT2D eigenvalue weighted by Crippen LogP contribution is -2.20. The largest absolute Gasteiger partial charge is 0.482 e. The third-order valence-electron chi connectivity index (χ3n) is 2.58. The van der Waals surface area contributed by atoms with Gasteiger partial charge in [-0.05, 0) is 24.3 Å². The molecule has 0 aliphatic rings. The van der Waals surface area contributed by atoms with Gasteiger partial charge in [-0.1, -0.05) is 6.07 Å². The van der Waals surface area contributed by atoms with Crippen molar-refractivity contribution in [3.05, 3.63) is 47.9 Å². The van der Waals surface area contributed by atoms with Crippen molar-refractivity contribution < 1.29 is 27.1 Å². The Balaban J connectivity index is 2.21. The molecule has 9 heteroatoms. The summed E-state index contributed by atoms with van der Waals surface area (Å²) in [5, 5.41) is 2.24. The third kappa shape index (κ3) is 4.83. The number of hydrogen-bond donors (Lipinski definition) is 2. The average Bonchev–Trinajstić information content (AvgIpc) is 2.45. The number of pyridine rings is 1. The van der Waals surface area contributed by atoms with E-state index in [-0.39, 0.29) is 22.9 Å². The van der Waals surface area contributed by atoms with E-state index in [9.17, 15) is 22.4 Å². The highest BCUT2D eigenvalue weighted by atomic mass is 19.4. The van der Waals surface area contributed by atoms with E-state index < -0.39 is 24.5 Å². The highest BCUT2D eigenvalue weighted by molar-refractivity contribution is 6.03. The molecule has 0 saturated carbocycles. The first-order valence-electron chi connectivity index (χ1n) is 6.27. The topological polar surface area (TPSA) is 77.2 Å². The van der Waals surface area contributed by atoms with Crippen LogP contribution >= 0.6 is 0 Å². The van der Waals surface area contributed by atoms with Gasteiger partial charge in [-0.15, -0.1) is 0 Å². The number of aromatic nitrogens is 1. The van der Waals surface area contributed by atoms with Crippen molar-refractivity contribution in [2.45, 2.75) is 6.18 Å². The Hall–Kier alpha value is -2.84. The van der Waals surface area contributed by atoms with Gasteiger partial charge in [0.05, 0.1) is 5.69 Å². The Labute approximate surface area is 128 Å². The van der Waals surface area contributed by atoms with Gasteiger partial charge in [0.15, 0.2) is 6.61 Å². The van der Waals surface area contributed by atoms with Gasteiger partial charge in [0.2, 0.25) is 0 Å². The minimum Gasteiger partial charge on any atom is -0.482 e. The number of hydrogen-bond acceptors (Lipinski definition) is 4. The zero-order valence-corrected chi connectivity index (χ0v) is 11.5. The zero-order chi connectivity index (χ0) is 17.0. The summed E-state index contributed by atoms with van der Waals surface area (Å²) in [5.41, 5.74) is 5.12. The van der Waals surface area contributed by atoms with Crippen LogP contribution in [0.3, 0.4) is 0 Å². The number of benzene rings is 1. The van der Waals surface area contributed by atoms with Crippen LogP contribution in [0.1, 0.15) is 10.5 Å². The first-order valence-corrected chi connectivity index (χ1v) is 6.27. The van der Waals surface area contributed by atoms with E-state index in [0.717, 1.165) is 18.2 Å². The van der Waals surface area contributed by atoms with E-state index in [4.69, 9.17) is 5.73 Å². The number of ether oxygens (including phenoxy) is 1. The molecule has 0 spiro atoms. The minimum absolute atomic E-state index is 0.0731. The van der Waals surface area contributed by atoms with E-state index in [1.807, 2.05) is 0 Å². The van der Waals surface area contributed by atoms with Crippen LogP contribution in [0.15, 0.2) is 36.4 Å². The van der Waals surface area contributed by atoms with E-state index in [0.29, 0.717) is 0 Å². The van der Waals surface area contributed by atoms with Crippen molar-refractivity contribution >= 4 is 17.4 Å². The molecule has 0 unspecified atom stereocenters. The molecule has 1 aromatic heterocycles. The number of nitrogen functional groups attached to an aromatic ring is 1. The molecule has 2 rings (SSSR count). The second-order valence-corrected chi connectivity index (χ2v) is 4.45. The molecule has 0 atom stereocenters. The van der Waals surface area contributed by atoms with Gasteiger partial charge in [0.25, 0.3) is 5.91 Å². The van der Waals surface area contributed by atoms with Crippen molar-refractivity contribution in [1.82, 2.24) is 4.98 Å². The Morgan fingerprint density at radius 2 is 2.00 bits per heavy atom. The first kappa shape index (κ1) is 16.5. The predicted molar refractivity (Wildman–Crippen MR) is 74.6 cm³/mol. The van der Waals surface area contributed by atoms with Crippen LogP contribution in [-0.4, -0.2) is 23.7 Å². The summed E-state index contributed by atoms with van der Waals surface area (Å²) in [6, 6.07) is 7.03. The number of nitrogens with two attached hydrogens (primary N) is 1. The molecule has 1 heterocycles. The molecule has 122 valence electrons. The second kappa shape index (κ2) is 6.51. The number of alkyl halides is 3. The molecule has 0 aliphatic carbocycles. The van der Waals surface area contributed by atoms with Gasteiger partial charge in [0.1, 0.15) is 23.1 Å². The molecule has 2 aromatic rings. The highest BCUT2D eigenvalue weighted by Crippen LogP contribution is 2.28. The third-order valence-corrected chi connectivity index (χ3v) is 2.58. The highest BCUT2D eigenvalue weighted by Gasteiger charge is 2.29. The standard InChI is InChI=1S/C14H11F4N3O2/c15-8-4-5-11(23-7-14(16,17)18)10(6-8)21-13(22)9-2-1-3-12(19)20-9/h1-6H,7H2,(H2,19,20)(H,21,22). The van der Waals surface area contributed by atoms with Crippen molar-refractivity contribution in [3.8, 4) is 5.75 Å². The van der Waals surface area contributed by atoms with Crippen molar-refractivity contribution in [2.75, 3.05) is 17.7 Å². The summed E-state index contributed by atoms with van der Waals surface area (Å²) in [7, 11) is 0. The summed E-state index contributed by atoms with van der Waals surface area (Å²) >= 11 is 0. The normalized spacial score (nSPS) is 11.1.